The number of hydrogen-bond acceptors (Lipinski definition) is 7. The average Bonchev–Trinajstić information content (AvgIpc) is 1.78. The van der Waals surface area contributed by atoms with E-state index in [1.54, 1.807) is 0 Å². The van der Waals surface area contributed by atoms with E-state index in [1.807, 2.05) is 0 Å². The van der Waals surface area contributed by atoms with E-state index >= 15 is 0 Å². The lowest BCUT2D eigenvalue weighted by Crippen LogP contribution is -2.15. The van der Waals surface area contributed by atoms with Gasteiger partial charge < -0.3 is 0 Å². The molecule has 0 aliphatic rings. The van der Waals surface area contributed by atoms with Crippen molar-refractivity contribution >= 4 is 20.8 Å². The summed E-state index contributed by atoms with van der Waals surface area (Å²) in [7, 11) is -9.97. The third kappa shape index (κ3) is 6.45. The van der Waals surface area contributed by atoms with Crippen LogP contribution in [0.25, 0.3) is 0 Å². The molecule has 0 saturated heterocycles. The van der Waals surface area contributed by atoms with Crippen molar-refractivity contribution in [1.29, 1.82) is 0 Å². The third-order valence-corrected chi connectivity index (χ3v) is 2.04. The highest BCUT2D eigenvalue weighted by Crippen LogP contribution is 2.00. The Balaban J connectivity index is 4.26. The SMILES string of the molecule is CCOOS(=O)(=O)OS(=O)(=O)O. The molecule has 0 unspecified atom stereocenters. The van der Waals surface area contributed by atoms with E-state index in [-0.39, 0.29) is 6.61 Å². The molecule has 0 heterocycles. The third-order valence-electron chi connectivity index (χ3n) is 0.419. The van der Waals surface area contributed by atoms with Gasteiger partial charge in [-0.15, -0.1) is 0 Å². The largest absolute Gasteiger partial charge is 0.443 e. The first-order valence-corrected chi connectivity index (χ1v) is 5.21. The van der Waals surface area contributed by atoms with Crippen LogP contribution in [-0.4, -0.2) is 28.0 Å². The Bertz CT molecular complexity index is 309. The Hall–Kier alpha value is -0.260. The predicted octanol–water partition coefficient (Wildman–Crippen LogP) is -0.981. The van der Waals surface area contributed by atoms with Crippen LogP contribution in [0.5, 0.6) is 0 Å². The maximum Gasteiger partial charge on any atom is 0.443 e. The molecule has 0 aliphatic heterocycles. The fourth-order valence-electron chi connectivity index (χ4n) is 0.224. The molecule has 1 N–H and O–H groups in total. The minimum Gasteiger partial charge on any atom is -0.263 e. The fourth-order valence-corrected chi connectivity index (χ4v) is 1.37. The van der Waals surface area contributed by atoms with Crippen LogP contribution in [-0.2, 0) is 33.6 Å². The molecule has 8 nitrogen and oxygen atoms in total. The quantitative estimate of drug-likeness (QED) is 0.358. The Morgan fingerprint density at radius 2 is 1.75 bits per heavy atom. The second-order valence-electron chi connectivity index (χ2n) is 1.38. The Morgan fingerprint density at radius 1 is 1.25 bits per heavy atom. The van der Waals surface area contributed by atoms with Crippen LogP contribution in [0.2, 0.25) is 0 Å². The van der Waals surface area contributed by atoms with Crippen molar-refractivity contribution in [2.45, 2.75) is 6.92 Å². The van der Waals surface area contributed by atoms with E-state index in [0.29, 0.717) is 0 Å². The van der Waals surface area contributed by atoms with E-state index in [2.05, 4.69) is 12.9 Å². The fraction of sp³-hybridized carbons (Fsp3) is 1.00. The van der Waals surface area contributed by atoms with Crippen molar-refractivity contribution < 1.29 is 34.2 Å². The highest BCUT2D eigenvalue weighted by molar-refractivity contribution is 7.94. The zero-order valence-corrected chi connectivity index (χ0v) is 7.46. The molecule has 10 heteroatoms. The van der Waals surface area contributed by atoms with Crippen LogP contribution in [0, 0.1) is 0 Å². The van der Waals surface area contributed by atoms with Gasteiger partial charge in [0.05, 0.1) is 6.61 Å². The first-order chi connectivity index (χ1) is 5.27. The van der Waals surface area contributed by atoms with Gasteiger partial charge in [0.25, 0.3) is 0 Å². The molecule has 0 spiro atoms. The predicted molar refractivity (Wildman–Crippen MR) is 34.3 cm³/mol. The molecular formula is C2H6O8S2. The van der Waals surface area contributed by atoms with Crippen molar-refractivity contribution in [2.75, 3.05) is 6.61 Å². The van der Waals surface area contributed by atoms with Gasteiger partial charge in [-0.2, -0.15) is 16.8 Å². The van der Waals surface area contributed by atoms with Gasteiger partial charge in [-0.25, -0.2) is 4.89 Å². The second kappa shape index (κ2) is 4.11. The van der Waals surface area contributed by atoms with Crippen molar-refractivity contribution in [2.24, 2.45) is 0 Å². The van der Waals surface area contributed by atoms with Gasteiger partial charge in [0.15, 0.2) is 0 Å². The topological polar surface area (TPSA) is 116 Å². The van der Waals surface area contributed by atoms with Gasteiger partial charge in [-0.1, -0.05) is 7.96 Å². The zero-order chi connectivity index (χ0) is 9.83. The molecule has 0 saturated carbocycles. The highest BCUT2D eigenvalue weighted by atomic mass is 32.3. The van der Waals surface area contributed by atoms with Crippen molar-refractivity contribution in [3.63, 3.8) is 0 Å². The summed E-state index contributed by atoms with van der Waals surface area (Å²) in [4.78, 5) is 3.86. The molecule has 74 valence electrons. The van der Waals surface area contributed by atoms with Gasteiger partial charge in [0.1, 0.15) is 0 Å². The monoisotopic (exact) mass is 222 g/mol. The van der Waals surface area contributed by atoms with Gasteiger partial charge in [-0.3, -0.25) is 4.55 Å². The molecule has 0 aromatic rings. The van der Waals surface area contributed by atoms with Crippen molar-refractivity contribution in [3.8, 4) is 0 Å². The summed E-state index contributed by atoms with van der Waals surface area (Å²) >= 11 is 0. The van der Waals surface area contributed by atoms with Crippen LogP contribution in [0.4, 0.5) is 0 Å². The molecule has 0 rings (SSSR count). The summed E-state index contributed by atoms with van der Waals surface area (Å²) in [6, 6.07) is 0. The lowest BCUT2D eigenvalue weighted by atomic mass is 10.9. The van der Waals surface area contributed by atoms with Crippen LogP contribution < -0.4 is 0 Å². The minimum atomic E-state index is -5.11. The number of hydrogen-bond donors (Lipinski definition) is 1. The lowest BCUT2D eigenvalue weighted by Gasteiger charge is -1.99. The Labute approximate surface area is 69.3 Å². The summed E-state index contributed by atoms with van der Waals surface area (Å²) in [5.41, 5.74) is 0. The van der Waals surface area contributed by atoms with E-state index in [1.165, 1.54) is 6.92 Å². The van der Waals surface area contributed by atoms with E-state index in [0.717, 1.165) is 0 Å². The van der Waals surface area contributed by atoms with Crippen molar-refractivity contribution in [3.05, 3.63) is 0 Å². The lowest BCUT2D eigenvalue weighted by molar-refractivity contribution is -0.202. The van der Waals surface area contributed by atoms with Gasteiger partial charge >= 0.3 is 20.8 Å². The van der Waals surface area contributed by atoms with Crippen molar-refractivity contribution in [1.82, 2.24) is 0 Å². The summed E-state index contributed by atoms with van der Waals surface area (Å²) in [6.45, 7) is 1.26. The standard InChI is InChI=1S/C2H6O8S2/c1-2-8-9-12(6,7)10-11(3,4)5/h2H2,1H3,(H,3,4,5). The normalized spacial score (nSPS) is 13.2. The van der Waals surface area contributed by atoms with Crippen LogP contribution >= 0.6 is 0 Å². The minimum absolute atomic E-state index is 0.131. The zero-order valence-electron chi connectivity index (χ0n) is 5.83. The van der Waals surface area contributed by atoms with Crippen LogP contribution in [0.3, 0.4) is 0 Å². The maximum absolute atomic E-state index is 10.3. The van der Waals surface area contributed by atoms with Gasteiger partial charge in [0, 0.05) is 0 Å². The van der Waals surface area contributed by atoms with Gasteiger partial charge in [-0.05, 0) is 6.92 Å². The molecule has 0 atom stereocenters. The molecule has 0 aromatic carbocycles. The summed E-state index contributed by atoms with van der Waals surface area (Å²) in [5, 5.41) is 0. The smallest absolute Gasteiger partial charge is 0.263 e. The summed E-state index contributed by atoms with van der Waals surface area (Å²) in [5.74, 6) is 0. The first-order valence-electron chi connectivity index (χ1n) is 2.51. The second-order valence-corrected chi connectivity index (χ2v) is 3.73. The molecule has 0 aliphatic carbocycles. The summed E-state index contributed by atoms with van der Waals surface area (Å²) in [6.07, 6.45) is 0. The maximum atomic E-state index is 10.3. The van der Waals surface area contributed by atoms with Crippen LogP contribution in [0.15, 0.2) is 0 Å². The van der Waals surface area contributed by atoms with E-state index in [4.69, 9.17) is 4.55 Å². The molecular weight excluding hydrogens is 216 g/mol. The van der Waals surface area contributed by atoms with Gasteiger partial charge in [0.2, 0.25) is 0 Å². The Morgan fingerprint density at radius 3 is 2.08 bits per heavy atom. The summed E-state index contributed by atoms with van der Waals surface area (Å²) < 4.78 is 54.7. The molecule has 12 heavy (non-hydrogen) atoms. The average molecular weight is 222 g/mol. The van der Waals surface area contributed by atoms with Crippen LogP contribution in [0.1, 0.15) is 6.92 Å². The first kappa shape index (κ1) is 11.7. The highest BCUT2D eigenvalue weighted by Gasteiger charge is 2.22. The van der Waals surface area contributed by atoms with E-state index < -0.39 is 20.8 Å². The van der Waals surface area contributed by atoms with E-state index in [9.17, 15) is 16.8 Å². The molecule has 0 fully saturated rings. The molecule has 0 radical (unpaired) electrons. The molecule has 0 amide bonds. The Kier molecular flexibility index (Phi) is 4.02. The molecule has 0 aromatic heterocycles. The molecule has 0 bridgehead atoms. The number of rotatable bonds is 5.